The largest absolute Gasteiger partial charge is 0.378 e. The van der Waals surface area contributed by atoms with Crippen molar-refractivity contribution in [2.75, 3.05) is 19.8 Å². The van der Waals surface area contributed by atoms with Gasteiger partial charge in [-0.25, -0.2) is 0 Å². The maximum absolute atomic E-state index is 6.02. The van der Waals surface area contributed by atoms with Crippen LogP contribution < -0.4 is 0 Å². The van der Waals surface area contributed by atoms with Crippen molar-refractivity contribution in [3.63, 3.8) is 0 Å². The Bertz CT molecular complexity index is 634. The molecule has 4 rings (SSSR count). The van der Waals surface area contributed by atoms with Crippen LogP contribution in [0.1, 0.15) is 25.3 Å². The lowest BCUT2D eigenvalue weighted by Gasteiger charge is -2.37. The van der Waals surface area contributed by atoms with Gasteiger partial charge in [0.2, 0.25) is 0 Å². The molecule has 2 unspecified atom stereocenters. The lowest BCUT2D eigenvalue weighted by Crippen LogP contribution is -2.41. The Balaban J connectivity index is 1.70. The summed E-state index contributed by atoms with van der Waals surface area (Å²) in [6.45, 7) is 2.37. The van der Waals surface area contributed by atoms with Crippen LogP contribution in [0.5, 0.6) is 0 Å². The Morgan fingerprint density at radius 2 is 2.30 bits per heavy atom. The third-order valence-electron chi connectivity index (χ3n) is 4.44. The van der Waals surface area contributed by atoms with Gasteiger partial charge < -0.3 is 9.47 Å². The first-order valence-electron chi connectivity index (χ1n) is 7.10. The van der Waals surface area contributed by atoms with E-state index in [1.54, 1.807) is 0 Å². The van der Waals surface area contributed by atoms with Crippen LogP contribution in [0.15, 0.2) is 24.4 Å². The molecule has 1 aromatic carbocycles. The van der Waals surface area contributed by atoms with Crippen LogP contribution in [0, 0.1) is 3.57 Å². The Morgan fingerprint density at radius 3 is 3.15 bits per heavy atom. The van der Waals surface area contributed by atoms with E-state index in [1.807, 2.05) is 6.20 Å². The van der Waals surface area contributed by atoms with Crippen LogP contribution >= 0.6 is 22.6 Å². The van der Waals surface area contributed by atoms with Gasteiger partial charge in [-0.3, -0.25) is 4.68 Å². The quantitative estimate of drug-likeness (QED) is 0.709. The van der Waals surface area contributed by atoms with E-state index >= 15 is 0 Å². The monoisotopic (exact) mass is 384 g/mol. The summed E-state index contributed by atoms with van der Waals surface area (Å²) in [5.74, 6) is 0. The fourth-order valence-electron chi connectivity index (χ4n) is 3.38. The number of hydrogen-bond acceptors (Lipinski definition) is 3. The smallest absolute Gasteiger partial charge is 0.0957 e. The van der Waals surface area contributed by atoms with Crippen molar-refractivity contribution in [1.82, 2.24) is 9.78 Å². The van der Waals surface area contributed by atoms with E-state index < -0.39 is 0 Å². The predicted molar refractivity (Wildman–Crippen MR) is 84.8 cm³/mol. The van der Waals surface area contributed by atoms with Crippen LogP contribution in [0.4, 0.5) is 0 Å². The highest BCUT2D eigenvalue weighted by Gasteiger charge is 2.41. The highest BCUT2D eigenvalue weighted by Crippen LogP contribution is 2.38. The molecule has 5 heteroatoms. The maximum atomic E-state index is 6.02. The van der Waals surface area contributed by atoms with E-state index in [0.29, 0.717) is 6.04 Å². The predicted octanol–water partition coefficient (Wildman–Crippen LogP) is 3.15. The lowest BCUT2D eigenvalue weighted by atomic mass is 9.89. The van der Waals surface area contributed by atoms with Crippen molar-refractivity contribution in [2.45, 2.75) is 30.9 Å². The first kappa shape index (κ1) is 13.0. The van der Waals surface area contributed by atoms with Crippen molar-refractivity contribution in [2.24, 2.45) is 0 Å². The van der Waals surface area contributed by atoms with Gasteiger partial charge in [0.15, 0.2) is 0 Å². The van der Waals surface area contributed by atoms with Crippen LogP contribution in [0.3, 0.4) is 0 Å². The zero-order valence-corrected chi connectivity index (χ0v) is 13.4. The Labute approximate surface area is 131 Å². The fraction of sp³-hybridized carbons (Fsp3) is 0.533. The van der Waals surface area contributed by atoms with Crippen LogP contribution in [-0.2, 0) is 9.47 Å². The fourth-order valence-corrected chi connectivity index (χ4v) is 3.85. The molecule has 1 aromatic heterocycles. The van der Waals surface area contributed by atoms with E-state index in [-0.39, 0.29) is 5.60 Å². The molecule has 2 aliphatic rings. The first-order valence-corrected chi connectivity index (χ1v) is 8.18. The summed E-state index contributed by atoms with van der Waals surface area (Å²) >= 11 is 2.36. The summed E-state index contributed by atoms with van der Waals surface area (Å²) in [6.07, 6.45) is 5.03. The van der Waals surface area contributed by atoms with Gasteiger partial charge in [-0.1, -0.05) is 6.07 Å². The molecule has 0 amide bonds. The van der Waals surface area contributed by atoms with Crippen molar-refractivity contribution in [3.05, 3.63) is 28.0 Å². The molecule has 2 aromatic rings. The summed E-state index contributed by atoms with van der Waals surface area (Å²) in [6, 6.07) is 6.91. The van der Waals surface area contributed by atoms with Crippen molar-refractivity contribution in [1.29, 1.82) is 0 Å². The van der Waals surface area contributed by atoms with Gasteiger partial charge in [-0.15, -0.1) is 0 Å². The Kier molecular flexibility index (Phi) is 3.23. The molecular formula is C15H17IN2O2. The van der Waals surface area contributed by atoms with Gasteiger partial charge in [0.05, 0.1) is 30.0 Å². The minimum absolute atomic E-state index is 0.0663. The number of rotatable bonds is 1. The number of halogens is 1. The molecule has 2 atom stereocenters. The summed E-state index contributed by atoms with van der Waals surface area (Å²) in [4.78, 5) is 0. The van der Waals surface area contributed by atoms with Crippen LogP contribution in [-0.4, -0.2) is 35.2 Å². The number of fused-ring (bicyclic) bond motifs is 1. The van der Waals surface area contributed by atoms with Crippen LogP contribution in [0.2, 0.25) is 0 Å². The molecule has 2 fully saturated rings. The second-order valence-corrected chi connectivity index (χ2v) is 7.02. The van der Waals surface area contributed by atoms with E-state index in [2.05, 4.69) is 50.6 Å². The molecule has 1 spiro atoms. The van der Waals surface area contributed by atoms with Crippen molar-refractivity contribution in [3.8, 4) is 0 Å². The number of hydrogen-bond donors (Lipinski definition) is 0. The molecule has 20 heavy (non-hydrogen) atoms. The summed E-state index contributed by atoms with van der Waals surface area (Å²) in [5, 5.41) is 5.85. The zero-order chi connectivity index (χ0) is 13.6. The SMILES string of the molecule is Ic1ccc2cnn(C3CCOC4(CCOC4)C3)c2c1. The molecule has 0 bridgehead atoms. The molecular weight excluding hydrogens is 367 g/mol. The molecule has 0 radical (unpaired) electrons. The van der Waals surface area contributed by atoms with E-state index in [0.717, 1.165) is 39.1 Å². The molecule has 0 saturated carbocycles. The third-order valence-corrected chi connectivity index (χ3v) is 5.11. The van der Waals surface area contributed by atoms with Gasteiger partial charge in [-0.2, -0.15) is 5.10 Å². The summed E-state index contributed by atoms with van der Waals surface area (Å²) in [5.41, 5.74) is 1.17. The highest BCUT2D eigenvalue weighted by atomic mass is 127. The Hall–Kier alpha value is -0.660. The van der Waals surface area contributed by atoms with Gasteiger partial charge in [-0.05, 0) is 41.1 Å². The van der Waals surface area contributed by atoms with E-state index in [1.165, 1.54) is 14.5 Å². The third kappa shape index (κ3) is 2.16. The zero-order valence-electron chi connectivity index (χ0n) is 11.2. The summed E-state index contributed by atoms with van der Waals surface area (Å²) < 4.78 is 15.0. The number of benzene rings is 1. The average Bonchev–Trinajstić information content (AvgIpc) is 3.06. The van der Waals surface area contributed by atoms with Gasteiger partial charge in [0.1, 0.15) is 0 Å². The van der Waals surface area contributed by atoms with Crippen LogP contribution in [0.25, 0.3) is 10.9 Å². The van der Waals surface area contributed by atoms with Gasteiger partial charge >= 0.3 is 0 Å². The first-order chi connectivity index (χ1) is 9.76. The number of ether oxygens (including phenoxy) is 2. The molecule has 2 aliphatic heterocycles. The standard InChI is InChI=1S/C15H17IN2O2/c16-12-2-1-11-9-17-18(14(11)7-12)13-3-5-20-15(8-13)4-6-19-10-15/h1-2,7,9,13H,3-6,8,10H2. The van der Waals surface area contributed by atoms with E-state index in [9.17, 15) is 0 Å². The normalized spacial score (nSPS) is 30.4. The molecule has 3 heterocycles. The second-order valence-electron chi connectivity index (χ2n) is 5.77. The van der Waals surface area contributed by atoms with Crippen molar-refractivity contribution < 1.29 is 9.47 Å². The molecule has 106 valence electrons. The maximum Gasteiger partial charge on any atom is 0.0957 e. The number of aromatic nitrogens is 2. The molecule has 2 saturated heterocycles. The lowest BCUT2D eigenvalue weighted by molar-refractivity contribution is -0.0957. The number of nitrogens with zero attached hydrogens (tertiary/aromatic N) is 2. The van der Waals surface area contributed by atoms with Gasteiger partial charge in [0, 0.05) is 35.0 Å². The van der Waals surface area contributed by atoms with Crippen molar-refractivity contribution >= 4 is 33.5 Å². The minimum Gasteiger partial charge on any atom is -0.378 e. The highest BCUT2D eigenvalue weighted by molar-refractivity contribution is 14.1. The average molecular weight is 384 g/mol. The van der Waals surface area contributed by atoms with E-state index in [4.69, 9.17) is 9.47 Å². The topological polar surface area (TPSA) is 36.3 Å². The van der Waals surface area contributed by atoms with Gasteiger partial charge in [0.25, 0.3) is 0 Å². The molecule has 4 nitrogen and oxygen atoms in total. The Morgan fingerprint density at radius 1 is 1.35 bits per heavy atom. The molecule has 0 aliphatic carbocycles. The second kappa shape index (κ2) is 4.96. The minimum atomic E-state index is -0.0663. The molecule has 0 N–H and O–H groups in total. The summed E-state index contributed by atoms with van der Waals surface area (Å²) in [7, 11) is 0.